The van der Waals surface area contributed by atoms with E-state index in [-0.39, 0.29) is 11.3 Å². The molecule has 7 heteroatoms. The Morgan fingerprint density at radius 3 is 2.45 bits per heavy atom. The van der Waals surface area contributed by atoms with Gasteiger partial charge in [-0.05, 0) is 65.0 Å². The van der Waals surface area contributed by atoms with Crippen LogP contribution in [0, 0.1) is 20.8 Å². The van der Waals surface area contributed by atoms with Gasteiger partial charge in [-0.25, -0.2) is 4.98 Å². The van der Waals surface area contributed by atoms with E-state index in [2.05, 4.69) is 4.98 Å². The average molecular weight is 447 g/mol. The summed E-state index contributed by atoms with van der Waals surface area (Å²) in [5.41, 5.74) is 4.70. The van der Waals surface area contributed by atoms with Crippen LogP contribution in [0.2, 0.25) is 0 Å². The molecule has 0 radical (unpaired) electrons. The molecule has 0 bridgehead atoms. The number of rotatable bonds is 6. The number of amides is 1. The first-order valence-corrected chi connectivity index (χ1v) is 11.1. The molecule has 1 atom stereocenters. The van der Waals surface area contributed by atoms with Crippen LogP contribution in [0.3, 0.4) is 0 Å². The summed E-state index contributed by atoms with van der Waals surface area (Å²) in [6.45, 7) is 6.94. The van der Waals surface area contributed by atoms with Crippen molar-refractivity contribution < 1.29 is 14.7 Å². The Kier molecular flexibility index (Phi) is 6.08. The van der Waals surface area contributed by atoms with E-state index in [0.29, 0.717) is 23.6 Å². The first kappa shape index (κ1) is 22.7. The van der Waals surface area contributed by atoms with Gasteiger partial charge in [-0.2, -0.15) is 0 Å². The topological polar surface area (TPSA) is 78.1 Å². The van der Waals surface area contributed by atoms with Gasteiger partial charge in [0.1, 0.15) is 11.3 Å². The van der Waals surface area contributed by atoms with E-state index < -0.39 is 17.7 Å². The predicted molar refractivity (Wildman–Crippen MR) is 128 cm³/mol. The molecule has 1 N–H and O–H groups in total. The number of aliphatic hydroxyl groups excluding tert-OH is 1. The molecule has 3 aromatic rings. The van der Waals surface area contributed by atoms with Crippen LogP contribution in [0.5, 0.6) is 0 Å². The number of ketones is 1. The van der Waals surface area contributed by atoms with Crippen LogP contribution in [0.15, 0.2) is 48.2 Å². The Bertz CT molecular complexity index is 1250. The molecule has 1 aromatic carbocycles. The highest BCUT2D eigenvalue weighted by Crippen LogP contribution is 2.40. The average Bonchev–Trinajstić information content (AvgIpc) is 3.23. The van der Waals surface area contributed by atoms with Crippen molar-refractivity contribution in [1.82, 2.24) is 19.2 Å². The first-order valence-electron chi connectivity index (χ1n) is 11.1. The summed E-state index contributed by atoms with van der Waals surface area (Å²) < 4.78 is 1.78. The summed E-state index contributed by atoms with van der Waals surface area (Å²) in [5.74, 6) is -1.43. The fourth-order valence-electron chi connectivity index (χ4n) is 4.49. The van der Waals surface area contributed by atoms with Crippen molar-refractivity contribution >= 4 is 23.1 Å². The molecular formula is C26H30N4O3. The number of aliphatic hydroxyl groups is 1. The van der Waals surface area contributed by atoms with Crippen LogP contribution in [0.4, 0.5) is 0 Å². The molecule has 7 nitrogen and oxygen atoms in total. The zero-order chi connectivity index (χ0) is 23.9. The number of benzene rings is 1. The lowest BCUT2D eigenvalue weighted by Gasteiger charge is -2.26. The SMILES string of the molecule is Cc1ccc([C@@H]2/C(=C(\O)c3c(C)nc4c(C)cccn34)C(=O)C(=O)N2CCCN(C)C)cc1. The van der Waals surface area contributed by atoms with Gasteiger partial charge >= 0.3 is 0 Å². The predicted octanol–water partition coefficient (Wildman–Crippen LogP) is 3.63. The molecule has 1 fully saturated rings. The molecule has 3 heterocycles. The van der Waals surface area contributed by atoms with Crippen LogP contribution in [-0.4, -0.2) is 63.2 Å². The van der Waals surface area contributed by atoms with Gasteiger partial charge in [0, 0.05) is 12.7 Å². The van der Waals surface area contributed by atoms with E-state index in [1.807, 2.05) is 75.4 Å². The number of fused-ring (bicyclic) bond motifs is 1. The number of nitrogens with zero attached hydrogens (tertiary/aromatic N) is 4. The molecule has 33 heavy (non-hydrogen) atoms. The molecule has 172 valence electrons. The molecule has 2 aromatic heterocycles. The second-order valence-corrected chi connectivity index (χ2v) is 8.99. The van der Waals surface area contributed by atoms with E-state index in [4.69, 9.17) is 0 Å². The third-order valence-corrected chi connectivity index (χ3v) is 6.18. The van der Waals surface area contributed by atoms with Crippen LogP contribution < -0.4 is 0 Å². The first-order chi connectivity index (χ1) is 15.7. The van der Waals surface area contributed by atoms with Gasteiger partial charge in [-0.15, -0.1) is 0 Å². The van der Waals surface area contributed by atoms with Gasteiger partial charge in [0.2, 0.25) is 0 Å². The largest absolute Gasteiger partial charge is 0.505 e. The van der Waals surface area contributed by atoms with E-state index in [9.17, 15) is 14.7 Å². The van der Waals surface area contributed by atoms with Crippen LogP contribution in [-0.2, 0) is 9.59 Å². The summed E-state index contributed by atoms with van der Waals surface area (Å²) in [5, 5.41) is 11.5. The van der Waals surface area contributed by atoms with Gasteiger partial charge in [0.05, 0.1) is 17.3 Å². The Morgan fingerprint density at radius 2 is 1.79 bits per heavy atom. The van der Waals surface area contributed by atoms with Crippen molar-refractivity contribution in [2.75, 3.05) is 27.2 Å². The maximum absolute atomic E-state index is 13.3. The van der Waals surface area contributed by atoms with Crippen LogP contribution >= 0.6 is 0 Å². The van der Waals surface area contributed by atoms with Crippen molar-refractivity contribution in [3.8, 4) is 0 Å². The Balaban J connectivity index is 1.89. The Morgan fingerprint density at radius 1 is 1.09 bits per heavy atom. The molecule has 1 aliphatic heterocycles. The lowest BCUT2D eigenvalue weighted by Crippen LogP contribution is -2.32. The highest BCUT2D eigenvalue weighted by molar-refractivity contribution is 6.46. The molecule has 1 aliphatic rings. The molecule has 0 aliphatic carbocycles. The molecular weight excluding hydrogens is 416 g/mol. The van der Waals surface area contributed by atoms with Gasteiger partial charge in [0.15, 0.2) is 5.76 Å². The molecule has 0 spiro atoms. The fourth-order valence-corrected chi connectivity index (χ4v) is 4.49. The number of hydrogen-bond acceptors (Lipinski definition) is 5. The Labute approximate surface area is 194 Å². The second-order valence-electron chi connectivity index (χ2n) is 8.99. The number of hydrogen-bond donors (Lipinski definition) is 1. The highest BCUT2D eigenvalue weighted by Gasteiger charge is 2.46. The number of imidazole rings is 1. The maximum Gasteiger partial charge on any atom is 0.295 e. The summed E-state index contributed by atoms with van der Waals surface area (Å²) in [6.07, 6.45) is 2.53. The van der Waals surface area contributed by atoms with Crippen molar-refractivity contribution in [3.05, 3.63) is 76.2 Å². The third kappa shape index (κ3) is 4.04. The number of likely N-dealkylation sites (tertiary alicyclic amines) is 1. The number of carbonyl (C=O) groups excluding carboxylic acids is 2. The molecule has 1 amide bonds. The highest BCUT2D eigenvalue weighted by atomic mass is 16.3. The quantitative estimate of drug-likeness (QED) is 0.355. The summed E-state index contributed by atoms with van der Waals surface area (Å²) in [4.78, 5) is 34.6. The monoisotopic (exact) mass is 446 g/mol. The van der Waals surface area contributed by atoms with E-state index in [1.54, 1.807) is 16.2 Å². The smallest absolute Gasteiger partial charge is 0.295 e. The number of aryl methyl sites for hydroxylation is 3. The van der Waals surface area contributed by atoms with Crippen LogP contribution in [0.1, 0.15) is 40.5 Å². The zero-order valence-corrected chi connectivity index (χ0v) is 19.8. The number of aromatic nitrogens is 2. The number of Topliss-reactive ketones (excluding diaryl/α,β-unsaturated/α-hetero) is 1. The maximum atomic E-state index is 13.3. The zero-order valence-electron chi connectivity index (χ0n) is 19.8. The molecule has 4 rings (SSSR count). The van der Waals surface area contributed by atoms with E-state index in [1.165, 1.54) is 0 Å². The fraction of sp³-hybridized carbons (Fsp3) is 0.346. The number of pyridine rings is 1. The van der Waals surface area contributed by atoms with E-state index >= 15 is 0 Å². The standard InChI is InChI=1S/C26H30N4O3/c1-16-9-11-19(12-10-16)22-20(24(32)26(33)30(22)15-7-13-28(4)5)23(31)21-18(3)27-25-17(2)8-6-14-29(21)25/h6,8-12,14,22,31H,7,13,15H2,1-5H3/b23-20+/t22-/m1/s1. The van der Waals surface area contributed by atoms with Gasteiger partial charge in [-0.3, -0.25) is 14.0 Å². The normalized spacial score (nSPS) is 18.1. The van der Waals surface area contributed by atoms with Crippen molar-refractivity contribution in [2.45, 2.75) is 33.2 Å². The molecule has 0 unspecified atom stereocenters. The minimum atomic E-state index is -0.662. The minimum absolute atomic E-state index is 0.111. The van der Waals surface area contributed by atoms with Crippen molar-refractivity contribution in [2.24, 2.45) is 0 Å². The molecule has 0 saturated carbocycles. The van der Waals surface area contributed by atoms with Crippen LogP contribution in [0.25, 0.3) is 11.4 Å². The molecule has 1 saturated heterocycles. The minimum Gasteiger partial charge on any atom is -0.505 e. The van der Waals surface area contributed by atoms with Gasteiger partial charge in [0.25, 0.3) is 11.7 Å². The number of carbonyl (C=O) groups is 2. The second kappa shape index (κ2) is 8.83. The van der Waals surface area contributed by atoms with Crippen molar-refractivity contribution in [1.29, 1.82) is 0 Å². The lowest BCUT2D eigenvalue weighted by atomic mass is 9.95. The van der Waals surface area contributed by atoms with E-state index in [0.717, 1.165) is 29.7 Å². The summed E-state index contributed by atoms with van der Waals surface area (Å²) in [6, 6.07) is 10.9. The lowest BCUT2D eigenvalue weighted by molar-refractivity contribution is -0.139. The Hall–Kier alpha value is -3.45. The van der Waals surface area contributed by atoms with Gasteiger partial charge in [-0.1, -0.05) is 35.9 Å². The van der Waals surface area contributed by atoms with Crippen molar-refractivity contribution in [3.63, 3.8) is 0 Å². The summed E-state index contributed by atoms with van der Waals surface area (Å²) in [7, 11) is 3.95. The summed E-state index contributed by atoms with van der Waals surface area (Å²) >= 11 is 0. The van der Waals surface area contributed by atoms with Gasteiger partial charge < -0.3 is 14.9 Å². The third-order valence-electron chi connectivity index (χ3n) is 6.18.